The summed E-state index contributed by atoms with van der Waals surface area (Å²) in [6.07, 6.45) is -4.75. The second-order valence-electron chi connectivity index (χ2n) is 10.3. The maximum Gasteiger partial charge on any atom is 0.433 e. The number of nitrogens with one attached hydrogen (secondary N) is 1. The second kappa shape index (κ2) is 9.68. The molecule has 0 radical (unpaired) electrons. The molecule has 0 bridgehead atoms. The van der Waals surface area contributed by atoms with Gasteiger partial charge in [-0.15, -0.1) is 0 Å². The second-order valence-corrected chi connectivity index (χ2v) is 10.3. The van der Waals surface area contributed by atoms with Gasteiger partial charge in [-0.05, 0) is 49.6 Å². The van der Waals surface area contributed by atoms with Crippen LogP contribution in [0.3, 0.4) is 0 Å². The molecule has 39 heavy (non-hydrogen) atoms. The highest BCUT2D eigenvalue weighted by Gasteiger charge is 2.36. The van der Waals surface area contributed by atoms with Crippen molar-refractivity contribution in [2.45, 2.75) is 53.1 Å². The van der Waals surface area contributed by atoms with Crippen LogP contribution in [0.4, 0.5) is 24.5 Å². The van der Waals surface area contributed by atoms with Crippen molar-refractivity contribution in [1.29, 1.82) is 0 Å². The van der Waals surface area contributed by atoms with Crippen molar-refractivity contribution < 1.29 is 27.6 Å². The summed E-state index contributed by atoms with van der Waals surface area (Å²) in [6, 6.07) is 9.51. The summed E-state index contributed by atoms with van der Waals surface area (Å²) in [5, 5.41) is 17.9. The first kappa shape index (κ1) is 27.6. The third kappa shape index (κ3) is 5.84. The van der Waals surface area contributed by atoms with E-state index in [9.17, 15) is 28.1 Å². The number of ether oxygens (including phenoxy) is 1. The Morgan fingerprint density at radius 1 is 1.03 bits per heavy atom. The van der Waals surface area contributed by atoms with Crippen molar-refractivity contribution >= 4 is 22.9 Å². The van der Waals surface area contributed by atoms with Gasteiger partial charge in [0, 0.05) is 23.6 Å². The molecular weight excluding hydrogens is 515 g/mol. The SMILES string of the molecule is Cc1cc(C)c(C)c(Oc2cc(NC(=O)c3cc4nc(C(C)(C)C)cc(C(F)(F)F)n4n3)cc([N+](=O)[O-])c2)c1. The van der Waals surface area contributed by atoms with Crippen molar-refractivity contribution in [1.82, 2.24) is 14.6 Å². The maximum atomic E-state index is 13.8. The molecule has 2 aromatic heterocycles. The average molecular weight is 542 g/mol. The Bertz CT molecular complexity index is 1620. The highest BCUT2D eigenvalue weighted by atomic mass is 19.4. The summed E-state index contributed by atoms with van der Waals surface area (Å²) in [6.45, 7) is 10.8. The largest absolute Gasteiger partial charge is 0.457 e. The van der Waals surface area contributed by atoms with Crippen LogP contribution in [-0.2, 0) is 11.6 Å². The van der Waals surface area contributed by atoms with Gasteiger partial charge in [-0.25, -0.2) is 9.50 Å². The maximum absolute atomic E-state index is 13.8. The van der Waals surface area contributed by atoms with E-state index in [1.54, 1.807) is 26.8 Å². The number of benzene rings is 2. The summed E-state index contributed by atoms with van der Waals surface area (Å²) < 4.78 is 47.9. The minimum absolute atomic E-state index is 0.00247. The Kier molecular flexibility index (Phi) is 6.84. The monoisotopic (exact) mass is 541 g/mol. The fourth-order valence-electron chi connectivity index (χ4n) is 3.92. The zero-order chi connectivity index (χ0) is 28.9. The standard InChI is InChI=1S/C27H26F3N5O4/c1-14-7-15(2)16(3)21(8-14)39-19-10-17(9-18(11-19)35(37)38)31-25(36)20-12-24-32-22(26(4,5)6)13-23(27(28,29)30)34(24)33-20/h7-13H,1-6H3,(H,31,36). The lowest BCUT2D eigenvalue weighted by atomic mass is 9.91. The number of anilines is 1. The van der Waals surface area contributed by atoms with Crippen molar-refractivity contribution in [2.24, 2.45) is 0 Å². The highest BCUT2D eigenvalue weighted by Crippen LogP contribution is 2.34. The zero-order valence-electron chi connectivity index (χ0n) is 22.1. The van der Waals surface area contributed by atoms with Gasteiger partial charge in [0.05, 0.1) is 22.4 Å². The quantitative estimate of drug-likeness (QED) is 0.217. The fraction of sp³-hybridized carbons (Fsp3) is 0.296. The van der Waals surface area contributed by atoms with Crippen LogP contribution >= 0.6 is 0 Å². The van der Waals surface area contributed by atoms with Gasteiger partial charge in [-0.1, -0.05) is 26.8 Å². The Labute approximate surface area is 221 Å². The van der Waals surface area contributed by atoms with Crippen LogP contribution in [0.15, 0.2) is 42.5 Å². The number of carbonyl (C=O) groups is 1. The molecule has 1 amide bonds. The number of carbonyl (C=O) groups excluding carboxylic acids is 1. The number of alkyl halides is 3. The van der Waals surface area contributed by atoms with Gasteiger partial charge in [0.25, 0.3) is 11.6 Å². The van der Waals surface area contributed by atoms with Crippen LogP contribution in [0, 0.1) is 30.9 Å². The van der Waals surface area contributed by atoms with E-state index >= 15 is 0 Å². The van der Waals surface area contributed by atoms with Crippen LogP contribution in [-0.4, -0.2) is 25.4 Å². The third-order valence-corrected chi connectivity index (χ3v) is 6.07. The molecule has 2 heterocycles. The molecule has 12 heteroatoms. The van der Waals surface area contributed by atoms with E-state index in [1.165, 1.54) is 12.1 Å². The first-order valence-corrected chi connectivity index (χ1v) is 11.9. The molecule has 0 saturated heterocycles. The molecule has 0 aliphatic heterocycles. The number of amides is 1. The lowest BCUT2D eigenvalue weighted by Gasteiger charge is -2.19. The van der Waals surface area contributed by atoms with Gasteiger partial charge < -0.3 is 10.1 Å². The van der Waals surface area contributed by atoms with E-state index in [4.69, 9.17) is 4.74 Å². The minimum atomic E-state index is -4.75. The van der Waals surface area contributed by atoms with Crippen LogP contribution in [0.5, 0.6) is 11.5 Å². The Balaban J connectivity index is 1.72. The Hall–Kier alpha value is -4.48. The number of aromatic nitrogens is 3. The molecule has 2 aromatic carbocycles. The number of hydrogen-bond donors (Lipinski definition) is 1. The van der Waals surface area contributed by atoms with E-state index in [1.807, 2.05) is 26.8 Å². The van der Waals surface area contributed by atoms with Gasteiger partial charge >= 0.3 is 6.18 Å². The van der Waals surface area contributed by atoms with Gasteiger partial charge in [0.1, 0.15) is 17.2 Å². The van der Waals surface area contributed by atoms with Crippen molar-refractivity contribution in [2.75, 3.05) is 5.32 Å². The average Bonchev–Trinajstić information content (AvgIpc) is 3.24. The number of hydrogen-bond acceptors (Lipinski definition) is 6. The molecule has 4 rings (SSSR count). The predicted octanol–water partition coefficient (Wildman–Crippen LogP) is 6.92. The van der Waals surface area contributed by atoms with E-state index in [2.05, 4.69) is 15.4 Å². The highest BCUT2D eigenvalue weighted by molar-refractivity contribution is 6.03. The van der Waals surface area contributed by atoms with Gasteiger partial charge in [-0.2, -0.15) is 18.3 Å². The molecular formula is C27H26F3N5O4. The molecule has 4 aromatic rings. The van der Waals surface area contributed by atoms with Crippen molar-refractivity contribution in [3.63, 3.8) is 0 Å². The van der Waals surface area contributed by atoms with Crippen molar-refractivity contribution in [3.05, 3.63) is 86.4 Å². The normalized spacial score (nSPS) is 12.0. The van der Waals surface area contributed by atoms with Crippen LogP contribution < -0.4 is 10.1 Å². The van der Waals surface area contributed by atoms with E-state index in [0.29, 0.717) is 10.3 Å². The number of nitrogens with zero attached hydrogens (tertiary/aromatic N) is 4. The molecule has 1 N–H and O–H groups in total. The topological polar surface area (TPSA) is 112 Å². The molecule has 0 atom stereocenters. The number of nitro benzene ring substituents is 1. The summed E-state index contributed by atoms with van der Waals surface area (Å²) in [7, 11) is 0. The van der Waals surface area contributed by atoms with Crippen LogP contribution in [0.2, 0.25) is 0 Å². The molecule has 204 valence electrons. The van der Waals surface area contributed by atoms with E-state index < -0.39 is 28.1 Å². The number of aryl methyl sites for hydroxylation is 2. The number of fused-ring (bicyclic) bond motifs is 1. The molecule has 0 unspecified atom stereocenters. The van der Waals surface area contributed by atoms with Gasteiger partial charge in [0.15, 0.2) is 11.3 Å². The van der Waals surface area contributed by atoms with Gasteiger partial charge in [-0.3, -0.25) is 14.9 Å². The smallest absolute Gasteiger partial charge is 0.433 e. The van der Waals surface area contributed by atoms with Crippen molar-refractivity contribution in [3.8, 4) is 11.5 Å². The lowest BCUT2D eigenvalue weighted by molar-refractivity contribution is -0.384. The molecule has 0 aliphatic rings. The molecule has 0 fully saturated rings. The molecule has 9 nitrogen and oxygen atoms in total. The third-order valence-electron chi connectivity index (χ3n) is 6.07. The first-order chi connectivity index (χ1) is 18.0. The lowest BCUT2D eigenvalue weighted by Crippen LogP contribution is -2.20. The van der Waals surface area contributed by atoms with Crippen LogP contribution in [0.25, 0.3) is 5.65 Å². The Morgan fingerprint density at radius 3 is 2.33 bits per heavy atom. The number of rotatable bonds is 5. The molecule has 0 saturated carbocycles. The van der Waals surface area contributed by atoms with E-state index in [0.717, 1.165) is 34.9 Å². The molecule has 0 spiro atoms. The number of nitro groups is 1. The summed E-state index contributed by atoms with van der Waals surface area (Å²) in [5.74, 6) is -0.288. The van der Waals surface area contributed by atoms with E-state index in [-0.39, 0.29) is 34.2 Å². The summed E-state index contributed by atoms with van der Waals surface area (Å²) >= 11 is 0. The zero-order valence-corrected chi connectivity index (χ0v) is 22.1. The first-order valence-electron chi connectivity index (χ1n) is 11.9. The fourth-order valence-corrected chi connectivity index (χ4v) is 3.92. The minimum Gasteiger partial charge on any atom is -0.457 e. The Morgan fingerprint density at radius 2 is 1.72 bits per heavy atom. The summed E-state index contributed by atoms with van der Waals surface area (Å²) in [4.78, 5) is 28.2. The summed E-state index contributed by atoms with van der Waals surface area (Å²) in [5.41, 5.74) is 0.289. The number of non-ortho nitro benzene ring substituents is 1. The van der Waals surface area contributed by atoms with Gasteiger partial charge in [0.2, 0.25) is 0 Å². The molecule has 0 aliphatic carbocycles. The van der Waals surface area contributed by atoms with Crippen LogP contribution in [0.1, 0.15) is 59.3 Å². The number of halogens is 3. The predicted molar refractivity (Wildman–Crippen MR) is 138 cm³/mol.